The van der Waals surface area contributed by atoms with Crippen LogP contribution in [0.3, 0.4) is 0 Å². The number of rotatable bonds is 6. The van der Waals surface area contributed by atoms with Crippen molar-refractivity contribution in [2.75, 3.05) is 18.4 Å². The van der Waals surface area contributed by atoms with Crippen molar-refractivity contribution in [2.24, 2.45) is 11.3 Å². The standard InChI is InChI=1S/C15H21N3O/c1-2-17-13-9-16-8-5-12(13)14(19)18-10-15(6-7-15)11-3-4-11/h5,8-9,11,17H,2-4,6-7,10H2,1H3,(H,18,19). The second-order valence-corrected chi connectivity index (χ2v) is 5.77. The minimum atomic E-state index is 0.0188. The smallest absolute Gasteiger partial charge is 0.253 e. The maximum absolute atomic E-state index is 12.3. The van der Waals surface area contributed by atoms with E-state index < -0.39 is 0 Å². The van der Waals surface area contributed by atoms with Crippen LogP contribution in [0, 0.1) is 11.3 Å². The fraction of sp³-hybridized carbons (Fsp3) is 0.600. The summed E-state index contributed by atoms with van der Waals surface area (Å²) in [6.07, 6.45) is 8.67. The second-order valence-electron chi connectivity index (χ2n) is 5.77. The fourth-order valence-corrected chi connectivity index (χ4v) is 2.86. The van der Waals surface area contributed by atoms with E-state index in [1.165, 1.54) is 25.7 Å². The molecule has 0 unspecified atom stereocenters. The van der Waals surface area contributed by atoms with Crippen LogP contribution < -0.4 is 10.6 Å². The van der Waals surface area contributed by atoms with Gasteiger partial charge in [0.15, 0.2) is 0 Å². The van der Waals surface area contributed by atoms with Crippen LogP contribution in [-0.2, 0) is 0 Å². The van der Waals surface area contributed by atoms with Gasteiger partial charge in [-0.1, -0.05) is 0 Å². The average molecular weight is 259 g/mol. The minimum Gasteiger partial charge on any atom is -0.383 e. The Bertz CT molecular complexity index is 478. The van der Waals surface area contributed by atoms with Crippen molar-refractivity contribution in [3.05, 3.63) is 24.0 Å². The molecule has 2 N–H and O–H groups in total. The van der Waals surface area contributed by atoms with Gasteiger partial charge in [0.2, 0.25) is 0 Å². The highest BCUT2D eigenvalue weighted by Crippen LogP contribution is 2.60. The predicted molar refractivity (Wildman–Crippen MR) is 75.1 cm³/mol. The number of hydrogen-bond acceptors (Lipinski definition) is 3. The van der Waals surface area contributed by atoms with E-state index in [0.29, 0.717) is 11.0 Å². The van der Waals surface area contributed by atoms with E-state index in [9.17, 15) is 4.79 Å². The van der Waals surface area contributed by atoms with Gasteiger partial charge in [-0.25, -0.2) is 0 Å². The maximum Gasteiger partial charge on any atom is 0.253 e. The molecule has 1 aromatic heterocycles. The number of pyridine rings is 1. The Morgan fingerprint density at radius 2 is 2.26 bits per heavy atom. The van der Waals surface area contributed by atoms with Crippen LogP contribution in [-0.4, -0.2) is 24.0 Å². The van der Waals surface area contributed by atoms with Gasteiger partial charge in [0.1, 0.15) is 0 Å². The molecule has 3 rings (SSSR count). The molecule has 1 aromatic rings. The summed E-state index contributed by atoms with van der Waals surface area (Å²) in [6.45, 7) is 3.64. The van der Waals surface area contributed by atoms with E-state index in [-0.39, 0.29) is 5.91 Å². The summed E-state index contributed by atoms with van der Waals surface area (Å²) in [7, 11) is 0. The monoisotopic (exact) mass is 259 g/mol. The first-order valence-corrected chi connectivity index (χ1v) is 7.21. The number of carbonyl (C=O) groups is 1. The van der Waals surface area contributed by atoms with Crippen LogP contribution in [0.15, 0.2) is 18.5 Å². The first-order valence-electron chi connectivity index (χ1n) is 7.21. The third kappa shape index (κ3) is 2.57. The molecule has 1 heterocycles. The Morgan fingerprint density at radius 3 is 2.89 bits per heavy atom. The van der Waals surface area contributed by atoms with Crippen LogP contribution in [0.1, 0.15) is 43.0 Å². The van der Waals surface area contributed by atoms with Gasteiger partial charge in [-0.05, 0) is 50.0 Å². The van der Waals surface area contributed by atoms with E-state index >= 15 is 0 Å². The van der Waals surface area contributed by atoms with Crippen LogP contribution in [0.25, 0.3) is 0 Å². The number of carbonyl (C=O) groups excluding carboxylic acids is 1. The lowest BCUT2D eigenvalue weighted by Gasteiger charge is -2.16. The summed E-state index contributed by atoms with van der Waals surface area (Å²) < 4.78 is 0. The van der Waals surface area contributed by atoms with Crippen molar-refractivity contribution in [3.63, 3.8) is 0 Å². The number of amides is 1. The van der Waals surface area contributed by atoms with Gasteiger partial charge >= 0.3 is 0 Å². The molecule has 0 radical (unpaired) electrons. The Balaban J connectivity index is 1.63. The van der Waals surface area contributed by atoms with Crippen LogP contribution >= 0.6 is 0 Å². The number of nitrogens with one attached hydrogen (secondary N) is 2. The average Bonchev–Trinajstić information content (AvgIpc) is 3.29. The molecule has 0 aromatic carbocycles. The zero-order chi connectivity index (χ0) is 13.3. The first kappa shape index (κ1) is 12.5. The fourth-order valence-electron chi connectivity index (χ4n) is 2.86. The molecule has 2 saturated carbocycles. The van der Waals surface area contributed by atoms with Crippen molar-refractivity contribution >= 4 is 11.6 Å². The Morgan fingerprint density at radius 1 is 1.47 bits per heavy atom. The number of anilines is 1. The van der Waals surface area contributed by atoms with Gasteiger partial charge in [0, 0.05) is 19.3 Å². The van der Waals surface area contributed by atoms with Gasteiger partial charge in [0.25, 0.3) is 5.91 Å². The molecule has 4 nitrogen and oxygen atoms in total. The quantitative estimate of drug-likeness (QED) is 0.825. The van der Waals surface area contributed by atoms with Gasteiger partial charge in [0.05, 0.1) is 17.4 Å². The van der Waals surface area contributed by atoms with Crippen molar-refractivity contribution in [1.82, 2.24) is 10.3 Å². The Labute approximate surface area is 114 Å². The zero-order valence-corrected chi connectivity index (χ0v) is 11.4. The SMILES string of the molecule is CCNc1cnccc1C(=O)NCC1(C2CC2)CC1. The van der Waals surface area contributed by atoms with Gasteiger partial charge in [-0.3, -0.25) is 9.78 Å². The maximum atomic E-state index is 12.3. The number of hydrogen-bond donors (Lipinski definition) is 2. The van der Waals surface area contributed by atoms with Crippen LogP contribution in [0.5, 0.6) is 0 Å². The van der Waals surface area contributed by atoms with E-state index in [1.807, 2.05) is 6.92 Å². The summed E-state index contributed by atoms with van der Waals surface area (Å²) in [5, 5.41) is 6.30. The second kappa shape index (κ2) is 4.83. The van der Waals surface area contributed by atoms with Gasteiger partial charge in [-0.2, -0.15) is 0 Å². The highest BCUT2D eigenvalue weighted by Gasteiger charge is 2.53. The Kier molecular flexibility index (Phi) is 3.17. The van der Waals surface area contributed by atoms with Gasteiger partial charge < -0.3 is 10.6 Å². The van der Waals surface area contributed by atoms with Crippen molar-refractivity contribution in [3.8, 4) is 0 Å². The third-order valence-corrected chi connectivity index (χ3v) is 4.37. The third-order valence-electron chi connectivity index (χ3n) is 4.37. The van der Waals surface area contributed by atoms with Gasteiger partial charge in [-0.15, -0.1) is 0 Å². The number of aromatic nitrogens is 1. The van der Waals surface area contributed by atoms with E-state index in [1.54, 1.807) is 18.5 Å². The van der Waals surface area contributed by atoms with Crippen molar-refractivity contribution in [1.29, 1.82) is 0 Å². The topological polar surface area (TPSA) is 54.0 Å². The Hall–Kier alpha value is -1.58. The van der Waals surface area contributed by atoms with Crippen molar-refractivity contribution in [2.45, 2.75) is 32.6 Å². The predicted octanol–water partition coefficient (Wildman–Crippen LogP) is 2.43. The molecule has 0 bridgehead atoms. The summed E-state index contributed by atoms with van der Waals surface area (Å²) in [5.74, 6) is 0.892. The molecule has 19 heavy (non-hydrogen) atoms. The molecule has 2 aliphatic carbocycles. The molecule has 2 fully saturated rings. The lowest BCUT2D eigenvalue weighted by atomic mass is 10.0. The van der Waals surface area contributed by atoms with Crippen LogP contribution in [0.4, 0.5) is 5.69 Å². The van der Waals surface area contributed by atoms with Crippen molar-refractivity contribution < 1.29 is 4.79 Å². The minimum absolute atomic E-state index is 0.0188. The molecular weight excluding hydrogens is 238 g/mol. The van der Waals surface area contributed by atoms with Crippen LogP contribution in [0.2, 0.25) is 0 Å². The molecule has 0 aliphatic heterocycles. The zero-order valence-electron chi connectivity index (χ0n) is 11.4. The summed E-state index contributed by atoms with van der Waals surface area (Å²) in [4.78, 5) is 16.3. The largest absolute Gasteiger partial charge is 0.383 e. The first-order chi connectivity index (χ1) is 9.25. The molecule has 4 heteroatoms. The summed E-state index contributed by atoms with van der Waals surface area (Å²) in [5.41, 5.74) is 1.96. The van der Waals surface area contributed by atoms with E-state index in [0.717, 1.165) is 24.7 Å². The lowest BCUT2D eigenvalue weighted by molar-refractivity contribution is 0.0943. The molecule has 0 atom stereocenters. The molecule has 0 saturated heterocycles. The highest BCUT2D eigenvalue weighted by molar-refractivity contribution is 5.99. The molecule has 102 valence electrons. The molecule has 2 aliphatic rings. The lowest BCUT2D eigenvalue weighted by Crippen LogP contribution is -2.31. The highest BCUT2D eigenvalue weighted by atomic mass is 16.1. The molecular formula is C15H21N3O. The van der Waals surface area contributed by atoms with E-state index in [4.69, 9.17) is 0 Å². The van der Waals surface area contributed by atoms with E-state index in [2.05, 4.69) is 15.6 Å². The summed E-state index contributed by atoms with van der Waals surface area (Å²) in [6, 6.07) is 1.78. The number of nitrogens with zero attached hydrogens (tertiary/aromatic N) is 1. The summed E-state index contributed by atoms with van der Waals surface area (Å²) >= 11 is 0. The normalized spacial score (nSPS) is 19.8. The molecule has 1 amide bonds. The molecule has 0 spiro atoms.